The summed E-state index contributed by atoms with van der Waals surface area (Å²) in [4.78, 5) is 17.1. The van der Waals surface area contributed by atoms with Crippen LogP contribution in [0.3, 0.4) is 0 Å². The van der Waals surface area contributed by atoms with Gasteiger partial charge in [-0.05, 0) is 42.0 Å². The van der Waals surface area contributed by atoms with Crippen molar-refractivity contribution in [3.05, 3.63) is 94.3 Å². The maximum atomic E-state index is 13.8. The second-order valence-electron chi connectivity index (χ2n) is 7.97. The van der Waals surface area contributed by atoms with Crippen LogP contribution < -0.4 is 15.1 Å². The number of rotatable bonds is 7. The maximum absolute atomic E-state index is 13.8. The van der Waals surface area contributed by atoms with Gasteiger partial charge in [0, 0.05) is 43.9 Å². The van der Waals surface area contributed by atoms with Crippen LogP contribution in [0.15, 0.2) is 71.8 Å². The summed E-state index contributed by atoms with van der Waals surface area (Å²) in [5.41, 5.74) is 5.27. The summed E-state index contributed by atoms with van der Waals surface area (Å²) in [7, 11) is 1.70. The molecule has 3 aromatic rings. The molecule has 0 atom stereocenters. The first kappa shape index (κ1) is 23.7. The molecule has 4 rings (SSSR count). The van der Waals surface area contributed by atoms with Crippen LogP contribution in [0, 0.1) is 5.82 Å². The van der Waals surface area contributed by atoms with Crippen LogP contribution in [0.4, 0.5) is 10.1 Å². The number of hydrazone groups is 1. The topological polar surface area (TPSA) is 57.2 Å². The van der Waals surface area contributed by atoms with Crippen molar-refractivity contribution in [2.24, 2.45) is 5.10 Å². The molecule has 0 bridgehead atoms. The number of piperazine rings is 1. The van der Waals surface area contributed by atoms with Gasteiger partial charge in [0.05, 0.1) is 24.0 Å². The van der Waals surface area contributed by atoms with E-state index in [1.807, 2.05) is 30.3 Å². The van der Waals surface area contributed by atoms with Gasteiger partial charge in [-0.15, -0.1) is 0 Å². The minimum absolute atomic E-state index is 0.130. The summed E-state index contributed by atoms with van der Waals surface area (Å²) in [5.74, 6) is 0.0189. The Morgan fingerprint density at radius 2 is 1.79 bits per heavy atom. The lowest BCUT2D eigenvalue weighted by molar-refractivity contribution is 0.0955. The van der Waals surface area contributed by atoms with Gasteiger partial charge in [0.1, 0.15) is 11.6 Å². The lowest BCUT2D eigenvalue weighted by Gasteiger charge is -2.36. The van der Waals surface area contributed by atoms with E-state index in [-0.39, 0.29) is 16.5 Å². The molecule has 1 fully saturated rings. The molecule has 0 saturated carbocycles. The fourth-order valence-electron chi connectivity index (χ4n) is 3.91. The Morgan fingerprint density at radius 1 is 1.06 bits per heavy atom. The number of methoxy groups -OCH3 is 1. The van der Waals surface area contributed by atoms with Gasteiger partial charge in [-0.1, -0.05) is 41.9 Å². The van der Waals surface area contributed by atoms with Gasteiger partial charge < -0.3 is 9.64 Å². The molecule has 1 amide bonds. The Morgan fingerprint density at radius 3 is 2.50 bits per heavy atom. The van der Waals surface area contributed by atoms with Crippen molar-refractivity contribution in [1.82, 2.24) is 10.3 Å². The molecule has 1 N–H and O–H groups in total. The molecule has 0 aromatic heterocycles. The number of carbonyl (C=O) groups excluding carboxylic acids is 1. The van der Waals surface area contributed by atoms with E-state index in [0.717, 1.165) is 49.7 Å². The first-order chi connectivity index (χ1) is 16.5. The highest BCUT2D eigenvalue weighted by atomic mass is 35.5. The third-order valence-electron chi connectivity index (χ3n) is 5.78. The van der Waals surface area contributed by atoms with Gasteiger partial charge >= 0.3 is 0 Å². The Labute approximate surface area is 203 Å². The van der Waals surface area contributed by atoms with E-state index in [1.165, 1.54) is 18.3 Å². The standard InChI is InChI=1S/C26H26ClFN4O2/c1-34-25-8-3-2-7-24(25)32-15-13-31(14-16-32)18-19-9-11-20(12-10-19)26(33)30-29-17-21-22(27)5-4-6-23(21)28/h2-12,17H,13-16,18H2,1H3,(H,30,33)/b29-17-. The van der Waals surface area contributed by atoms with Crippen LogP contribution in [0.1, 0.15) is 21.5 Å². The molecule has 6 nitrogen and oxygen atoms in total. The predicted octanol–water partition coefficient (Wildman–Crippen LogP) is 4.57. The molecule has 0 spiro atoms. The summed E-state index contributed by atoms with van der Waals surface area (Å²) in [5, 5.41) is 4.06. The van der Waals surface area contributed by atoms with Crippen LogP contribution in [-0.2, 0) is 6.54 Å². The number of anilines is 1. The number of benzene rings is 3. The third-order valence-corrected chi connectivity index (χ3v) is 6.11. The second-order valence-corrected chi connectivity index (χ2v) is 8.37. The summed E-state index contributed by atoms with van der Waals surface area (Å²) in [6.45, 7) is 4.53. The fraction of sp³-hybridized carbons (Fsp3) is 0.231. The Bertz CT molecular complexity index is 1140. The van der Waals surface area contributed by atoms with Gasteiger partial charge in [-0.25, -0.2) is 9.82 Å². The first-order valence-corrected chi connectivity index (χ1v) is 11.4. The summed E-state index contributed by atoms with van der Waals surface area (Å²) < 4.78 is 19.3. The number of nitrogens with zero attached hydrogens (tertiary/aromatic N) is 3. The third kappa shape index (κ3) is 5.73. The summed E-state index contributed by atoms with van der Waals surface area (Å²) in [6, 6.07) is 19.9. The predicted molar refractivity (Wildman–Crippen MR) is 133 cm³/mol. The Balaban J connectivity index is 1.28. The lowest BCUT2D eigenvalue weighted by atomic mass is 10.1. The first-order valence-electron chi connectivity index (χ1n) is 11.0. The molecule has 3 aromatic carbocycles. The van der Waals surface area contributed by atoms with E-state index in [1.54, 1.807) is 25.3 Å². The van der Waals surface area contributed by atoms with E-state index in [0.29, 0.717) is 5.56 Å². The van der Waals surface area contributed by atoms with Crippen LogP contribution >= 0.6 is 11.6 Å². The van der Waals surface area contributed by atoms with Crippen molar-refractivity contribution in [1.29, 1.82) is 0 Å². The van der Waals surface area contributed by atoms with Gasteiger partial charge in [0.25, 0.3) is 5.91 Å². The van der Waals surface area contributed by atoms with Crippen molar-refractivity contribution in [3.63, 3.8) is 0 Å². The largest absolute Gasteiger partial charge is 0.495 e. The highest BCUT2D eigenvalue weighted by molar-refractivity contribution is 6.33. The van der Waals surface area contributed by atoms with E-state index < -0.39 is 5.82 Å². The quantitative estimate of drug-likeness (QED) is 0.397. The van der Waals surface area contributed by atoms with Gasteiger partial charge in [-0.2, -0.15) is 5.10 Å². The second kappa shape index (κ2) is 11.1. The van der Waals surface area contributed by atoms with Crippen LogP contribution in [-0.4, -0.2) is 50.3 Å². The number of para-hydroxylation sites is 2. The smallest absolute Gasteiger partial charge is 0.271 e. The molecular formula is C26H26ClFN4O2. The van der Waals surface area contributed by atoms with Crippen molar-refractivity contribution in [3.8, 4) is 5.75 Å². The summed E-state index contributed by atoms with van der Waals surface area (Å²) >= 11 is 5.96. The number of hydrogen-bond acceptors (Lipinski definition) is 5. The maximum Gasteiger partial charge on any atom is 0.271 e. The van der Waals surface area contributed by atoms with E-state index >= 15 is 0 Å². The number of ether oxygens (including phenoxy) is 1. The lowest BCUT2D eigenvalue weighted by Crippen LogP contribution is -2.46. The number of nitrogens with one attached hydrogen (secondary N) is 1. The van der Waals surface area contributed by atoms with Gasteiger partial charge in [0.2, 0.25) is 0 Å². The number of amides is 1. The zero-order valence-corrected chi connectivity index (χ0v) is 19.6. The van der Waals surface area contributed by atoms with Crippen molar-refractivity contribution >= 4 is 29.4 Å². The van der Waals surface area contributed by atoms with E-state index in [4.69, 9.17) is 16.3 Å². The normalized spacial score (nSPS) is 14.4. The van der Waals surface area contributed by atoms with E-state index in [2.05, 4.69) is 26.4 Å². The number of halogens is 2. The average Bonchev–Trinajstić information content (AvgIpc) is 2.86. The zero-order chi connectivity index (χ0) is 23.9. The zero-order valence-electron chi connectivity index (χ0n) is 18.9. The molecule has 8 heteroatoms. The van der Waals surface area contributed by atoms with Crippen LogP contribution in [0.25, 0.3) is 0 Å². The monoisotopic (exact) mass is 480 g/mol. The van der Waals surface area contributed by atoms with Crippen LogP contribution in [0.2, 0.25) is 5.02 Å². The molecule has 1 aliphatic heterocycles. The number of carbonyl (C=O) groups is 1. The van der Waals surface area contributed by atoms with Crippen molar-refractivity contribution < 1.29 is 13.9 Å². The molecular weight excluding hydrogens is 455 g/mol. The highest BCUT2D eigenvalue weighted by Crippen LogP contribution is 2.28. The molecule has 1 aliphatic rings. The average molecular weight is 481 g/mol. The van der Waals surface area contributed by atoms with E-state index in [9.17, 15) is 9.18 Å². The molecule has 0 radical (unpaired) electrons. The summed E-state index contributed by atoms with van der Waals surface area (Å²) in [6.07, 6.45) is 1.20. The molecule has 1 saturated heterocycles. The minimum atomic E-state index is -0.501. The molecule has 34 heavy (non-hydrogen) atoms. The number of hydrogen-bond donors (Lipinski definition) is 1. The van der Waals surface area contributed by atoms with Gasteiger partial charge in [0.15, 0.2) is 0 Å². The molecule has 0 aliphatic carbocycles. The highest BCUT2D eigenvalue weighted by Gasteiger charge is 2.19. The fourth-order valence-corrected chi connectivity index (χ4v) is 4.12. The molecule has 1 heterocycles. The van der Waals surface area contributed by atoms with Crippen LogP contribution in [0.5, 0.6) is 5.75 Å². The van der Waals surface area contributed by atoms with Gasteiger partial charge in [-0.3, -0.25) is 9.69 Å². The van der Waals surface area contributed by atoms with Crippen molar-refractivity contribution in [2.45, 2.75) is 6.54 Å². The molecule has 176 valence electrons. The van der Waals surface area contributed by atoms with Crippen molar-refractivity contribution in [2.75, 3.05) is 38.2 Å². The minimum Gasteiger partial charge on any atom is -0.495 e. The molecule has 0 unspecified atom stereocenters. The Kier molecular flexibility index (Phi) is 7.77. The SMILES string of the molecule is COc1ccccc1N1CCN(Cc2ccc(C(=O)N/N=C\c3c(F)cccc3Cl)cc2)CC1. The Hall–Kier alpha value is -3.42.